The third-order valence-corrected chi connectivity index (χ3v) is 9.22. The minimum atomic E-state index is -0.631. The number of nitrogens with zero attached hydrogens (tertiary/aromatic N) is 5. The highest BCUT2D eigenvalue weighted by molar-refractivity contribution is 5.97. The quantitative estimate of drug-likeness (QED) is 0.513. The van der Waals surface area contributed by atoms with E-state index < -0.39 is 5.60 Å². The van der Waals surface area contributed by atoms with Crippen molar-refractivity contribution >= 4 is 23.6 Å². The largest absolute Gasteiger partial charge is 0.444 e. The third kappa shape index (κ3) is 7.52. The standard InChI is InChI=1S/C35H49FN6O4/c1-22-16-39(24(3)32(44)38-22)18-28-19-41(33(45)46-34(4,5)6)23(2)17-40(28)20-30(43)42-21-35(7,8)31-29(42)14-26(15-37-31)13-25-9-11-27(36)12-10-25/h9-12,14-15,22-24,28H,13,16-21H2,1-8H3,(H,38,44)/t22-,23+,24+,28-/m0/s1. The Bertz CT molecular complexity index is 1460. The molecule has 3 amide bonds. The van der Waals surface area contributed by atoms with Gasteiger partial charge in [-0.25, -0.2) is 9.18 Å². The SMILES string of the molecule is C[C@@H]1C(=O)N[C@@H](C)CN1C[C@H]1CN(C(=O)OC(C)(C)C)[C@H](C)CN1CC(=O)N1CC(C)(C)c2ncc(Cc3ccc(F)cc3)cc21. The number of ether oxygens (including phenoxy) is 1. The number of benzene rings is 1. The van der Waals surface area contributed by atoms with E-state index >= 15 is 0 Å². The van der Waals surface area contributed by atoms with Crippen LogP contribution in [0.2, 0.25) is 0 Å². The Balaban J connectivity index is 1.38. The summed E-state index contributed by atoms with van der Waals surface area (Å²) in [7, 11) is 0. The van der Waals surface area contributed by atoms with Crippen LogP contribution in [0.25, 0.3) is 0 Å². The van der Waals surface area contributed by atoms with Crippen molar-refractivity contribution in [2.24, 2.45) is 0 Å². The average Bonchev–Trinajstić information content (AvgIpc) is 3.23. The number of amides is 3. The predicted octanol–water partition coefficient (Wildman–Crippen LogP) is 3.95. The van der Waals surface area contributed by atoms with Crippen molar-refractivity contribution < 1.29 is 23.5 Å². The molecule has 3 aliphatic rings. The number of nitrogens with one attached hydrogen (secondary N) is 1. The lowest BCUT2D eigenvalue weighted by atomic mass is 9.91. The lowest BCUT2D eigenvalue weighted by molar-refractivity contribution is -0.131. The molecule has 1 aromatic heterocycles. The molecule has 0 bridgehead atoms. The molecule has 4 atom stereocenters. The van der Waals surface area contributed by atoms with E-state index in [0.717, 1.165) is 22.5 Å². The Labute approximate surface area is 272 Å². The van der Waals surface area contributed by atoms with Gasteiger partial charge in [0.2, 0.25) is 11.8 Å². The summed E-state index contributed by atoms with van der Waals surface area (Å²) in [5.74, 6) is -0.330. The molecule has 4 heterocycles. The lowest BCUT2D eigenvalue weighted by Crippen LogP contribution is -2.66. The van der Waals surface area contributed by atoms with Gasteiger partial charge in [0.25, 0.3) is 0 Å². The first-order chi connectivity index (χ1) is 21.5. The second-order valence-corrected chi connectivity index (χ2v) is 15.0. The Morgan fingerprint density at radius 3 is 2.41 bits per heavy atom. The smallest absolute Gasteiger partial charge is 0.410 e. The molecule has 0 saturated carbocycles. The van der Waals surface area contributed by atoms with Crippen molar-refractivity contribution in [2.75, 3.05) is 44.2 Å². The molecule has 11 heteroatoms. The molecular weight excluding hydrogens is 587 g/mol. The van der Waals surface area contributed by atoms with Crippen LogP contribution in [0.15, 0.2) is 36.5 Å². The number of halogens is 1. The van der Waals surface area contributed by atoms with E-state index in [1.54, 1.807) is 17.0 Å². The molecule has 1 aromatic carbocycles. The topological polar surface area (TPSA) is 98.3 Å². The van der Waals surface area contributed by atoms with Gasteiger partial charge >= 0.3 is 6.09 Å². The van der Waals surface area contributed by atoms with Gasteiger partial charge in [-0.2, -0.15) is 0 Å². The maximum absolute atomic E-state index is 14.2. The fourth-order valence-corrected chi connectivity index (χ4v) is 6.83. The minimum absolute atomic E-state index is 0.00296. The van der Waals surface area contributed by atoms with Gasteiger partial charge in [0.15, 0.2) is 0 Å². The molecule has 0 unspecified atom stereocenters. The molecule has 10 nitrogen and oxygen atoms in total. The summed E-state index contributed by atoms with van der Waals surface area (Å²) >= 11 is 0. The molecule has 250 valence electrons. The second-order valence-electron chi connectivity index (χ2n) is 15.0. The summed E-state index contributed by atoms with van der Waals surface area (Å²) < 4.78 is 19.2. The van der Waals surface area contributed by atoms with Gasteiger partial charge in [-0.3, -0.25) is 24.4 Å². The first-order valence-electron chi connectivity index (χ1n) is 16.3. The molecule has 46 heavy (non-hydrogen) atoms. The van der Waals surface area contributed by atoms with Crippen LogP contribution in [0.5, 0.6) is 0 Å². The van der Waals surface area contributed by atoms with Gasteiger partial charge in [0.05, 0.1) is 24.0 Å². The van der Waals surface area contributed by atoms with Crippen molar-refractivity contribution in [1.82, 2.24) is 25.0 Å². The maximum atomic E-state index is 14.2. The first-order valence-corrected chi connectivity index (χ1v) is 16.3. The van der Waals surface area contributed by atoms with E-state index in [9.17, 15) is 18.8 Å². The Morgan fingerprint density at radius 2 is 1.74 bits per heavy atom. The monoisotopic (exact) mass is 636 g/mol. The predicted molar refractivity (Wildman–Crippen MR) is 175 cm³/mol. The van der Waals surface area contributed by atoms with Gasteiger partial charge < -0.3 is 19.9 Å². The Hall–Kier alpha value is -3.57. The summed E-state index contributed by atoms with van der Waals surface area (Å²) in [4.78, 5) is 52.9. The lowest BCUT2D eigenvalue weighted by Gasteiger charge is -2.48. The zero-order valence-corrected chi connectivity index (χ0v) is 28.5. The van der Waals surface area contributed by atoms with Crippen LogP contribution < -0.4 is 10.2 Å². The van der Waals surface area contributed by atoms with Crippen molar-refractivity contribution in [3.63, 3.8) is 0 Å². The summed E-state index contributed by atoms with van der Waals surface area (Å²) in [6.45, 7) is 18.4. The van der Waals surface area contributed by atoms with Crippen LogP contribution in [-0.2, 0) is 26.2 Å². The summed E-state index contributed by atoms with van der Waals surface area (Å²) in [5, 5.41) is 3.01. The summed E-state index contributed by atoms with van der Waals surface area (Å²) in [6, 6.07) is 7.79. The molecular formula is C35H49FN6O4. The molecule has 0 radical (unpaired) electrons. The molecule has 0 aliphatic carbocycles. The van der Waals surface area contributed by atoms with Gasteiger partial charge in [-0.15, -0.1) is 0 Å². The average molecular weight is 637 g/mol. The van der Waals surface area contributed by atoms with Gasteiger partial charge in [0, 0.05) is 62.5 Å². The zero-order valence-electron chi connectivity index (χ0n) is 28.5. The van der Waals surface area contributed by atoms with Crippen LogP contribution >= 0.6 is 0 Å². The molecule has 2 saturated heterocycles. The zero-order chi connectivity index (χ0) is 33.6. The molecule has 5 rings (SSSR count). The third-order valence-electron chi connectivity index (χ3n) is 9.22. The molecule has 2 fully saturated rings. The second kappa shape index (κ2) is 12.9. The van der Waals surface area contributed by atoms with Gasteiger partial charge in [-0.1, -0.05) is 26.0 Å². The number of carbonyl (C=O) groups excluding carboxylic acids is 3. The summed E-state index contributed by atoms with van der Waals surface area (Å²) in [6.07, 6.45) is 2.06. The molecule has 0 spiro atoms. The Kier molecular flexibility index (Phi) is 9.48. The van der Waals surface area contributed by atoms with E-state index in [1.165, 1.54) is 12.1 Å². The van der Waals surface area contributed by atoms with Gasteiger partial charge in [0.1, 0.15) is 11.4 Å². The highest BCUT2D eigenvalue weighted by atomic mass is 19.1. The van der Waals surface area contributed by atoms with Crippen LogP contribution in [0, 0.1) is 5.82 Å². The fourth-order valence-electron chi connectivity index (χ4n) is 6.83. The van der Waals surface area contributed by atoms with E-state index in [0.29, 0.717) is 39.1 Å². The van der Waals surface area contributed by atoms with E-state index in [2.05, 4.69) is 29.0 Å². The number of carbonyl (C=O) groups is 3. The molecule has 1 N–H and O–H groups in total. The molecule has 3 aliphatic heterocycles. The van der Waals surface area contributed by atoms with Crippen LogP contribution in [0.3, 0.4) is 0 Å². The highest BCUT2D eigenvalue weighted by Gasteiger charge is 2.43. The number of fused-ring (bicyclic) bond motifs is 1. The number of pyridine rings is 1. The number of hydrogen-bond donors (Lipinski definition) is 1. The Morgan fingerprint density at radius 1 is 1.04 bits per heavy atom. The number of hydrogen-bond acceptors (Lipinski definition) is 7. The van der Waals surface area contributed by atoms with Crippen LogP contribution in [0.4, 0.5) is 14.9 Å². The fraction of sp³-hybridized carbons (Fsp3) is 0.600. The number of anilines is 1. The minimum Gasteiger partial charge on any atom is -0.444 e. The first kappa shape index (κ1) is 33.8. The number of piperazine rings is 2. The van der Waals surface area contributed by atoms with Crippen LogP contribution in [-0.4, -0.2) is 107 Å². The van der Waals surface area contributed by atoms with E-state index in [1.807, 2.05) is 58.7 Å². The van der Waals surface area contributed by atoms with Crippen molar-refractivity contribution in [3.05, 3.63) is 59.2 Å². The molecule has 2 aromatic rings. The van der Waals surface area contributed by atoms with Crippen LogP contribution in [0.1, 0.15) is 72.2 Å². The van der Waals surface area contributed by atoms with Crippen molar-refractivity contribution in [2.45, 2.75) is 97.0 Å². The van der Waals surface area contributed by atoms with Crippen molar-refractivity contribution in [3.8, 4) is 0 Å². The van der Waals surface area contributed by atoms with E-state index in [4.69, 9.17) is 9.72 Å². The normalized spacial score (nSPS) is 25.3. The van der Waals surface area contributed by atoms with E-state index in [-0.39, 0.29) is 59.9 Å². The maximum Gasteiger partial charge on any atom is 0.410 e. The number of aromatic nitrogens is 1. The van der Waals surface area contributed by atoms with Crippen molar-refractivity contribution in [1.29, 1.82) is 0 Å². The number of rotatable bonds is 6. The van der Waals surface area contributed by atoms with Gasteiger partial charge in [-0.05, 0) is 77.3 Å². The summed E-state index contributed by atoms with van der Waals surface area (Å²) in [5.41, 5.74) is 2.65. The highest BCUT2D eigenvalue weighted by Crippen LogP contribution is 2.40.